The summed E-state index contributed by atoms with van der Waals surface area (Å²) in [5.74, 6) is 0.239. The van der Waals surface area contributed by atoms with Gasteiger partial charge in [0.2, 0.25) is 5.91 Å². The Morgan fingerprint density at radius 1 is 1.35 bits per heavy atom. The second kappa shape index (κ2) is 6.15. The van der Waals surface area contributed by atoms with Crippen LogP contribution in [0.3, 0.4) is 0 Å². The summed E-state index contributed by atoms with van der Waals surface area (Å²) in [6.45, 7) is 2.00. The van der Waals surface area contributed by atoms with Gasteiger partial charge in [-0.05, 0) is 49.9 Å². The van der Waals surface area contributed by atoms with E-state index in [-0.39, 0.29) is 5.91 Å². The van der Waals surface area contributed by atoms with Gasteiger partial charge in [-0.3, -0.25) is 4.79 Å². The van der Waals surface area contributed by atoms with Crippen molar-refractivity contribution >= 4 is 17.5 Å². The first-order valence-electron chi connectivity index (χ1n) is 7.51. The van der Waals surface area contributed by atoms with Crippen LogP contribution in [0.15, 0.2) is 24.3 Å². The van der Waals surface area contributed by atoms with E-state index in [2.05, 4.69) is 10.2 Å². The van der Waals surface area contributed by atoms with Crippen molar-refractivity contribution in [1.29, 1.82) is 0 Å². The number of carbonyl (C=O) groups is 1. The summed E-state index contributed by atoms with van der Waals surface area (Å²) in [4.78, 5) is 14.6. The van der Waals surface area contributed by atoms with Crippen molar-refractivity contribution < 1.29 is 4.79 Å². The number of likely N-dealkylation sites (tertiary alicyclic amines) is 1. The van der Waals surface area contributed by atoms with E-state index in [0.717, 1.165) is 31.5 Å². The number of hydrogen-bond acceptors (Lipinski definition) is 2. The van der Waals surface area contributed by atoms with Gasteiger partial charge in [0.1, 0.15) is 0 Å². The van der Waals surface area contributed by atoms with Gasteiger partial charge in [0.25, 0.3) is 0 Å². The molecule has 1 amide bonds. The Morgan fingerprint density at radius 2 is 2.25 bits per heavy atom. The number of amides is 1. The molecular formula is C16H21ClN2O. The van der Waals surface area contributed by atoms with Crippen LogP contribution in [0.4, 0.5) is 0 Å². The van der Waals surface area contributed by atoms with Gasteiger partial charge in [0, 0.05) is 23.7 Å². The summed E-state index contributed by atoms with van der Waals surface area (Å²) < 4.78 is 0. The summed E-state index contributed by atoms with van der Waals surface area (Å²) in [5.41, 5.74) is 1.01. The van der Waals surface area contributed by atoms with E-state index in [0.29, 0.717) is 23.5 Å². The maximum atomic E-state index is 12.5. The molecule has 0 aromatic heterocycles. The lowest BCUT2D eigenvalue weighted by Gasteiger charge is -2.29. The molecule has 0 radical (unpaired) electrons. The van der Waals surface area contributed by atoms with Crippen LogP contribution in [0.25, 0.3) is 0 Å². The fourth-order valence-electron chi connectivity index (χ4n) is 3.48. The molecule has 3 nitrogen and oxygen atoms in total. The van der Waals surface area contributed by atoms with Crippen molar-refractivity contribution in [1.82, 2.24) is 10.2 Å². The molecule has 2 aliphatic heterocycles. The van der Waals surface area contributed by atoms with Gasteiger partial charge in [-0.2, -0.15) is 0 Å². The molecule has 0 aliphatic carbocycles. The Kier molecular flexibility index (Phi) is 4.27. The minimum atomic E-state index is 0.239. The molecule has 0 saturated carbocycles. The van der Waals surface area contributed by atoms with Crippen LogP contribution in [0.5, 0.6) is 0 Å². The molecule has 1 aromatic carbocycles. The Hall–Kier alpha value is -1.06. The van der Waals surface area contributed by atoms with Crippen molar-refractivity contribution in [2.75, 3.05) is 13.1 Å². The van der Waals surface area contributed by atoms with Gasteiger partial charge in [0.15, 0.2) is 0 Å². The lowest BCUT2D eigenvalue weighted by atomic mass is 10.0. The molecule has 4 heteroatoms. The third-order valence-corrected chi connectivity index (χ3v) is 4.66. The maximum absolute atomic E-state index is 12.5. The SMILES string of the molecule is O=C(Cc1cccc(Cl)c1)N1CCCC1C1CCCN1. The predicted octanol–water partition coefficient (Wildman–Crippen LogP) is 2.63. The average molecular weight is 293 g/mol. The average Bonchev–Trinajstić information content (AvgIpc) is 3.09. The van der Waals surface area contributed by atoms with E-state index >= 15 is 0 Å². The highest BCUT2D eigenvalue weighted by atomic mass is 35.5. The van der Waals surface area contributed by atoms with E-state index in [4.69, 9.17) is 11.6 Å². The zero-order chi connectivity index (χ0) is 13.9. The van der Waals surface area contributed by atoms with E-state index in [1.807, 2.05) is 24.3 Å². The molecule has 0 bridgehead atoms. The van der Waals surface area contributed by atoms with Gasteiger partial charge in [-0.25, -0.2) is 0 Å². The highest BCUT2D eigenvalue weighted by molar-refractivity contribution is 6.30. The van der Waals surface area contributed by atoms with Gasteiger partial charge < -0.3 is 10.2 Å². The minimum Gasteiger partial charge on any atom is -0.338 e. The lowest BCUT2D eigenvalue weighted by molar-refractivity contribution is -0.131. The van der Waals surface area contributed by atoms with Crippen LogP contribution in [0.1, 0.15) is 31.2 Å². The second-order valence-corrected chi connectivity index (χ2v) is 6.24. The topological polar surface area (TPSA) is 32.3 Å². The van der Waals surface area contributed by atoms with E-state index in [9.17, 15) is 4.79 Å². The van der Waals surface area contributed by atoms with Crippen molar-refractivity contribution in [3.05, 3.63) is 34.9 Å². The zero-order valence-corrected chi connectivity index (χ0v) is 12.4. The molecule has 0 spiro atoms. The van der Waals surface area contributed by atoms with E-state index < -0.39 is 0 Å². The fourth-order valence-corrected chi connectivity index (χ4v) is 3.70. The number of halogens is 1. The summed E-state index contributed by atoms with van der Waals surface area (Å²) in [5, 5.41) is 4.24. The third-order valence-electron chi connectivity index (χ3n) is 4.43. The highest BCUT2D eigenvalue weighted by Gasteiger charge is 2.35. The second-order valence-electron chi connectivity index (χ2n) is 5.81. The molecule has 2 heterocycles. The molecule has 1 aromatic rings. The minimum absolute atomic E-state index is 0.239. The predicted molar refractivity (Wildman–Crippen MR) is 80.9 cm³/mol. The van der Waals surface area contributed by atoms with Gasteiger partial charge in [-0.15, -0.1) is 0 Å². The third kappa shape index (κ3) is 2.99. The van der Waals surface area contributed by atoms with Crippen LogP contribution in [0, 0.1) is 0 Å². The molecule has 2 unspecified atom stereocenters. The summed E-state index contributed by atoms with van der Waals surface area (Å²) in [7, 11) is 0. The van der Waals surface area contributed by atoms with Crippen LogP contribution in [-0.2, 0) is 11.2 Å². The van der Waals surface area contributed by atoms with Gasteiger partial charge in [0.05, 0.1) is 6.42 Å². The summed E-state index contributed by atoms with van der Waals surface area (Å²) >= 11 is 5.99. The lowest BCUT2D eigenvalue weighted by Crippen LogP contribution is -2.47. The Morgan fingerprint density at radius 3 is 3.00 bits per heavy atom. The molecule has 2 atom stereocenters. The van der Waals surface area contributed by atoms with Gasteiger partial charge >= 0.3 is 0 Å². The van der Waals surface area contributed by atoms with Crippen molar-refractivity contribution in [3.8, 4) is 0 Å². The fraction of sp³-hybridized carbons (Fsp3) is 0.562. The largest absolute Gasteiger partial charge is 0.338 e. The first-order chi connectivity index (χ1) is 9.74. The highest BCUT2D eigenvalue weighted by Crippen LogP contribution is 2.25. The first kappa shape index (κ1) is 13.9. The van der Waals surface area contributed by atoms with Crippen LogP contribution in [0.2, 0.25) is 5.02 Å². The summed E-state index contributed by atoms with van der Waals surface area (Å²) in [6, 6.07) is 8.51. The van der Waals surface area contributed by atoms with E-state index in [1.165, 1.54) is 12.8 Å². The normalized spacial score (nSPS) is 26.1. The number of hydrogen-bond donors (Lipinski definition) is 1. The Balaban J connectivity index is 1.66. The quantitative estimate of drug-likeness (QED) is 0.929. The molecule has 108 valence electrons. The monoisotopic (exact) mass is 292 g/mol. The molecular weight excluding hydrogens is 272 g/mol. The molecule has 2 fully saturated rings. The Bertz CT molecular complexity index is 485. The van der Waals surface area contributed by atoms with Crippen molar-refractivity contribution in [3.63, 3.8) is 0 Å². The number of rotatable bonds is 3. The van der Waals surface area contributed by atoms with Crippen LogP contribution >= 0.6 is 11.6 Å². The van der Waals surface area contributed by atoms with Crippen molar-refractivity contribution in [2.24, 2.45) is 0 Å². The molecule has 3 rings (SSSR count). The molecule has 1 N–H and O–H groups in total. The molecule has 2 saturated heterocycles. The molecule has 2 aliphatic rings. The Labute approximate surface area is 125 Å². The number of carbonyl (C=O) groups excluding carboxylic acids is 1. The maximum Gasteiger partial charge on any atom is 0.227 e. The number of nitrogens with zero attached hydrogens (tertiary/aromatic N) is 1. The zero-order valence-electron chi connectivity index (χ0n) is 11.6. The van der Waals surface area contributed by atoms with Crippen molar-refractivity contribution in [2.45, 2.75) is 44.2 Å². The standard InChI is InChI=1S/C16H21ClN2O/c17-13-5-1-4-12(10-13)11-16(20)19-9-3-7-15(19)14-6-2-8-18-14/h1,4-5,10,14-15,18H,2-3,6-9,11H2. The van der Waals surface area contributed by atoms with E-state index in [1.54, 1.807) is 0 Å². The number of nitrogens with one attached hydrogen (secondary N) is 1. The number of benzene rings is 1. The smallest absolute Gasteiger partial charge is 0.227 e. The van der Waals surface area contributed by atoms with Crippen LogP contribution in [-0.4, -0.2) is 36.0 Å². The first-order valence-corrected chi connectivity index (χ1v) is 7.89. The summed E-state index contributed by atoms with van der Waals surface area (Å²) in [6.07, 6.45) is 5.16. The van der Waals surface area contributed by atoms with Crippen LogP contribution < -0.4 is 5.32 Å². The molecule has 20 heavy (non-hydrogen) atoms. The van der Waals surface area contributed by atoms with Gasteiger partial charge in [-0.1, -0.05) is 23.7 Å².